The van der Waals surface area contributed by atoms with Crippen molar-refractivity contribution in [3.05, 3.63) is 35.9 Å². The Bertz CT molecular complexity index is 446. The summed E-state index contributed by atoms with van der Waals surface area (Å²) in [7, 11) is 0. The van der Waals surface area contributed by atoms with Crippen LogP contribution >= 0.6 is 0 Å². The predicted molar refractivity (Wildman–Crippen MR) is 86.6 cm³/mol. The molecular formula is C18H28N2O. The van der Waals surface area contributed by atoms with E-state index in [4.69, 9.17) is 5.73 Å². The number of rotatable bonds is 6. The van der Waals surface area contributed by atoms with Crippen molar-refractivity contribution < 1.29 is 4.79 Å². The highest BCUT2D eigenvalue weighted by Gasteiger charge is 2.35. The Labute approximate surface area is 128 Å². The molecule has 3 nitrogen and oxygen atoms in total. The second-order valence-electron chi connectivity index (χ2n) is 6.24. The molecule has 1 aromatic rings. The molecule has 0 bridgehead atoms. The van der Waals surface area contributed by atoms with Crippen LogP contribution in [0.3, 0.4) is 0 Å². The van der Waals surface area contributed by atoms with Crippen LogP contribution in [0.5, 0.6) is 0 Å². The van der Waals surface area contributed by atoms with Gasteiger partial charge in [-0.15, -0.1) is 0 Å². The molecule has 1 fully saturated rings. The molecule has 0 radical (unpaired) electrons. The van der Waals surface area contributed by atoms with Crippen LogP contribution in [0, 0.1) is 11.8 Å². The van der Waals surface area contributed by atoms with Crippen molar-refractivity contribution in [1.29, 1.82) is 0 Å². The quantitative estimate of drug-likeness (QED) is 0.874. The lowest BCUT2D eigenvalue weighted by Crippen LogP contribution is -2.43. The number of carbonyl (C=O) groups excluding carboxylic acids is 1. The zero-order valence-electron chi connectivity index (χ0n) is 13.3. The Balaban J connectivity index is 2.13. The van der Waals surface area contributed by atoms with Crippen molar-refractivity contribution in [2.24, 2.45) is 17.6 Å². The van der Waals surface area contributed by atoms with E-state index >= 15 is 0 Å². The second kappa shape index (κ2) is 7.60. The van der Waals surface area contributed by atoms with Crippen molar-refractivity contribution in [2.75, 3.05) is 6.54 Å². The SMILES string of the molecule is CCC(C)N(Cc1ccccc1)C(=O)[C@@H]1CCC[C@@H]1CN. The van der Waals surface area contributed by atoms with Gasteiger partial charge in [-0.3, -0.25) is 4.79 Å². The number of amides is 1. The summed E-state index contributed by atoms with van der Waals surface area (Å²) in [6.45, 7) is 5.64. The number of carbonyl (C=O) groups is 1. The fraction of sp³-hybridized carbons (Fsp3) is 0.611. The lowest BCUT2D eigenvalue weighted by atomic mass is 9.93. The average Bonchev–Trinajstić information content (AvgIpc) is 3.00. The van der Waals surface area contributed by atoms with E-state index in [0.29, 0.717) is 24.9 Å². The van der Waals surface area contributed by atoms with Gasteiger partial charge in [-0.2, -0.15) is 0 Å². The molecule has 1 aliphatic carbocycles. The molecule has 1 aliphatic rings. The van der Waals surface area contributed by atoms with E-state index in [9.17, 15) is 4.79 Å². The number of benzene rings is 1. The summed E-state index contributed by atoms with van der Waals surface area (Å²) in [5.41, 5.74) is 7.05. The molecule has 1 saturated carbocycles. The number of hydrogen-bond donors (Lipinski definition) is 1. The molecule has 0 heterocycles. The molecule has 0 saturated heterocycles. The molecule has 3 atom stereocenters. The van der Waals surface area contributed by atoms with E-state index < -0.39 is 0 Å². The summed E-state index contributed by atoms with van der Waals surface area (Å²) < 4.78 is 0. The molecule has 0 spiro atoms. The first-order valence-electron chi connectivity index (χ1n) is 8.21. The number of hydrogen-bond acceptors (Lipinski definition) is 2. The molecule has 0 aliphatic heterocycles. The van der Waals surface area contributed by atoms with Gasteiger partial charge in [0.05, 0.1) is 0 Å². The highest BCUT2D eigenvalue weighted by Crippen LogP contribution is 2.33. The average molecular weight is 288 g/mol. The predicted octanol–water partition coefficient (Wildman–Crippen LogP) is 3.19. The van der Waals surface area contributed by atoms with Crippen LogP contribution in [-0.2, 0) is 11.3 Å². The van der Waals surface area contributed by atoms with Crippen LogP contribution in [0.15, 0.2) is 30.3 Å². The minimum Gasteiger partial charge on any atom is -0.335 e. The third-order valence-corrected chi connectivity index (χ3v) is 4.88. The molecule has 1 amide bonds. The minimum absolute atomic E-state index is 0.132. The first kappa shape index (κ1) is 16.0. The summed E-state index contributed by atoms with van der Waals surface area (Å²) in [5, 5.41) is 0. The van der Waals surface area contributed by atoms with Crippen LogP contribution in [0.2, 0.25) is 0 Å². The van der Waals surface area contributed by atoms with Gasteiger partial charge in [-0.1, -0.05) is 43.7 Å². The Hall–Kier alpha value is -1.35. The van der Waals surface area contributed by atoms with Gasteiger partial charge in [0.2, 0.25) is 5.91 Å². The first-order valence-corrected chi connectivity index (χ1v) is 8.21. The summed E-state index contributed by atoms with van der Waals surface area (Å²) in [6, 6.07) is 10.5. The molecule has 2 rings (SSSR count). The number of nitrogens with two attached hydrogens (primary N) is 1. The minimum atomic E-state index is 0.132. The highest BCUT2D eigenvalue weighted by molar-refractivity contribution is 5.79. The fourth-order valence-electron chi connectivity index (χ4n) is 3.31. The van der Waals surface area contributed by atoms with E-state index in [1.165, 1.54) is 5.56 Å². The van der Waals surface area contributed by atoms with E-state index in [-0.39, 0.29) is 12.0 Å². The van der Waals surface area contributed by atoms with Gasteiger partial charge in [0, 0.05) is 18.5 Å². The Morgan fingerprint density at radius 2 is 2.05 bits per heavy atom. The third-order valence-electron chi connectivity index (χ3n) is 4.88. The van der Waals surface area contributed by atoms with Gasteiger partial charge in [-0.05, 0) is 44.2 Å². The molecular weight excluding hydrogens is 260 g/mol. The maximum Gasteiger partial charge on any atom is 0.226 e. The molecule has 1 aromatic carbocycles. The van der Waals surface area contributed by atoms with Crippen molar-refractivity contribution in [3.8, 4) is 0 Å². The zero-order chi connectivity index (χ0) is 15.2. The van der Waals surface area contributed by atoms with E-state index in [2.05, 4.69) is 30.9 Å². The van der Waals surface area contributed by atoms with Crippen LogP contribution in [0.1, 0.15) is 45.1 Å². The standard InChI is InChI=1S/C18H28N2O/c1-3-14(2)20(13-15-8-5-4-6-9-15)18(21)17-11-7-10-16(17)12-19/h4-6,8-9,14,16-17H,3,7,10-13,19H2,1-2H3/t14?,16-,17-/m1/s1. The van der Waals surface area contributed by atoms with Crippen molar-refractivity contribution in [2.45, 2.75) is 52.1 Å². The molecule has 1 unspecified atom stereocenters. The second-order valence-corrected chi connectivity index (χ2v) is 6.24. The van der Waals surface area contributed by atoms with Crippen LogP contribution in [-0.4, -0.2) is 23.4 Å². The van der Waals surface area contributed by atoms with Gasteiger partial charge in [0.25, 0.3) is 0 Å². The molecule has 116 valence electrons. The normalized spacial score (nSPS) is 23.0. The highest BCUT2D eigenvalue weighted by atomic mass is 16.2. The van der Waals surface area contributed by atoms with Crippen LogP contribution < -0.4 is 5.73 Å². The van der Waals surface area contributed by atoms with Gasteiger partial charge < -0.3 is 10.6 Å². The van der Waals surface area contributed by atoms with Crippen LogP contribution in [0.25, 0.3) is 0 Å². The molecule has 3 heteroatoms. The fourth-order valence-corrected chi connectivity index (χ4v) is 3.31. The van der Waals surface area contributed by atoms with E-state index in [1.54, 1.807) is 0 Å². The maximum absolute atomic E-state index is 13.0. The lowest BCUT2D eigenvalue weighted by molar-refractivity contribution is -0.139. The molecule has 0 aromatic heterocycles. The largest absolute Gasteiger partial charge is 0.335 e. The molecule has 21 heavy (non-hydrogen) atoms. The zero-order valence-corrected chi connectivity index (χ0v) is 13.3. The lowest BCUT2D eigenvalue weighted by Gasteiger charge is -2.32. The smallest absolute Gasteiger partial charge is 0.226 e. The monoisotopic (exact) mass is 288 g/mol. The summed E-state index contributed by atoms with van der Waals surface area (Å²) in [6.07, 6.45) is 4.23. The van der Waals surface area contributed by atoms with E-state index in [1.807, 2.05) is 18.2 Å². The summed E-state index contributed by atoms with van der Waals surface area (Å²) in [5.74, 6) is 0.814. The van der Waals surface area contributed by atoms with E-state index in [0.717, 1.165) is 25.7 Å². The molecule has 2 N–H and O–H groups in total. The van der Waals surface area contributed by atoms with Gasteiger partial charge in [0.1, 0.15) is 0 Å². The topological polar surface area (TPSA) is 46.3 Å². The van der Waals surface area contributed by atoms with Crippen molar-refractivity contribution in [3.63, 3.8) is 0 Å². The first-order chi connectivity index (χ1) is 10.2. The Kier molecular flexibility index (Phi) is 5.80. The summed E-state index contributed by atoms with van der Waals surface area (Å²) >= 11 is 0. The third kappa shape index (κ3) is 3.85. The van der Waals surface area contributed by atoms with Gasteiger partial charge in [0.15, 0.2) is 0 Å². The Morgan fingerprint density at radius 1 is 1.33 bits per heavy atom. The summed E-state index contributed by atoms with van der Waals surface area (Å²) in [4.78, 5) is 15.1. The van der Waals surface area contributed by atoms with Crippen molar-refractivity contribution in [1.82, 2.24) is 4.90 Å². The van der Waals surface area contributed by atoms with Gasteiger partial charge >= 0.3 is 0 Å². The van der Waals surface area contributed by atoms with Crippen LogP contribution in [0.4, 0.5) is 0 Å². The maximum atomic E-state index is 13.0. The number of nitrogens with zero attached hydrogens (tertiary/aromatic N) is 1. The van der Waals surface area contributed by atoms with Crippen molar-refractivity contribution >= 4 is 5.91 Å². The Morgan fingerprint density at radius 3 is 2.67 bits per heavy atom. The van der Waals surface area contributed by atoms with Gasteiger partial charge in [-0.25, -0.2) is 0 Å².